The van der Waals surface area contributed by atoms with Gasteiger partial charge >= 0.3 is 5.97 Å². The van der Waals surface area contributed by atoms with Crippen molar-refractivity contribution in [1.29, 1.82) is 0 Å². The highest BCUT2D eigenvalue weighted by Gasteiger charge is 2.35. The highest BCUT2D eigenvalue weighted by molar-refractivity contribution is 7.99. The SMILES string of the molecule is CN(CC(=O)N1CSCC1C(=O)O)C(=O)c1cccs1. The Bertz CT molecular complexity index is 518. The van der Waals surface area contributed by atoms with Gasteiger partial charge in [-0.05, 0) is 11.4 Å². The van der Waals surface area contributed by atoms with E-state index in [0.29, 0.717) is 16.5 Å². The molecule has 0 saturated carbocycles. The number of rotatable bonds is 4. The summed E-state index contributed by atoms with van der Waals surface area (Å²) in [6, 6.07) is 2.67. The van der Waals surface area contributed by atoms with Gasteiger partial charge in [0.1, 0.15) is 6.04 Å². The Hall–Kier alpha value is -1.54. The molecule has 1 aliphatic heterocycles. The monoisotopic (exact) mass is 314 g/mol. The van der Waals surface area contributed by atoms with Gasteiger partial charge in [-0.1, -0.05) is 6.07 Å². The van der Waals surface area contributed by atoms with E-state index >= 15 is 0 Å². The molecule has 0 aromatic carbocycles. The molecule has 0 aliphatic carbocycles. The van der Waals surface area contributed by atoms with Crippen molar-refractivity contribution in [1.82, 2.24) is 9.80 Å². The number of carboxylic acid groups (broad SMARTS) is 1. The molecule has 1 unspecified atom stereocenters. The molecule has 1 atom stereocenters. The fourth-order valence-electron chi connectivity index (χ4n) is 1.85. The van der Waals surface area contributed by atoms with E-state index in [9.17, 15) is 14.4 Å². The van der Waals surface area contributed by atoms with Crippen LogP contribution in [-0.2, 0) is 9.59 Å². The van der Waals surface area contributed by atoms with E-state index in [1.54, 1.807) is 24.6 Å². The number of nitrogens with zero attached hydrogens (tertiary/aromatic N) is 2. The fourth-order valence-corrected chi connectivity index (χ4v) is 3.74. The van der Waals surface area contributed by atoms with Gasteiger partial charge < -0.3 is 14.9 Å². The van der Waals surface area contributed by atoms with Crippen molar-refractivity contribution < 1.29 is 19.5 Å². The minimum atomic E-state index is -1.00. The number of hydrogen-bond acceptors (Lipinski definition) is 5. The molecule has 6 nitrogen and oxygen atoms in total. The Morgan fingerprint density at radius 2 is 2.25 bits per heavy atom. The third-order valence-corrected chi connectivity index (χ3v) is 4.81. The van der Waals surface area contributed by atoms with Crippen LogP contribution in [0, 0.1) is 0 Å². The first-order chi connectivity index (χ1) is 9.50. The fraction of sp³-hybridized carbons (Fsp3) is 0.417. The summed E-state index contributed by atoms with van der Waals surface area (Å²) in [5, 5.41) is 10.8. The highest BCUT2D eigenvalue weighted by Crippen LogP contribution is 2.21. The van der Waals surface area contributed by atoms with E-state index in [4.69, 9.17) is 5.11 Å². The molecule has 0 bridgehead atoms. The summed E-state index contributed by atoms with van der Waals surface area (Å²) < 4.78 is 0. The lowest BCUT2D eigenvalue weighted by molar-refractivity contribution is -0.147. The quantitative estimate of drug-likeness (QED) is 0.890. The Morgan fingerprint density at radius 3 is 2.85 bits per heavy atom. The maximum Gasteiger partial charge on any atom is 0.327 e. The zero-order valence-electron chi connectivity index (χ0n) is 10.8. The Kier molecular flexibility index (Phi) is 4.66. The summed E-state index contributed by atoms with van der Waals surface area (Å²) in [6.45, 7) is -0.110. The molecule has 2 rings (SSSR count). The molecule has 108 valence electrons. The molecule has 20 heavy (non-hydrogen) atoms. The van der Waals surface area contributed by atoms with Gasteiger partial charge in [-0.2, -0.15) is 0 Å². The van der Waals surface area contributed by atoms with Crippen molar-refractivity contribution in [3.63, 3.8) is 0 Å². The molecule has 1 fully saturated rings. The predicted octanol–water partition coefficient (Wildman–Crippen LogP) is 0.806. The van der Waals surface area contributed by atoms with Crippen LogP contribution >= 0.6 is 23.1 Å². The molecule has 1 N–H and O–H groups in total. The van der Waals surface area contributed by atoms with Gasteiger partial charge in [-0.3, -0.25) is 9.59 Å². The number of carboxylic acids is 1. The molecule has 2 amide bonds. The first-order valence-corrected chi connectivity index (χ1v) is 7.93. The third-order valence-electron chi connectivity index (χ3n) is 2.94. The number of amides is 2. The first-order valence-electron chi connectivity index (χ1n) is 5.89. The van der Waals surface area contributed by atoms with Crippen LogP contribution < -0.4 is 0 Å². The number of thioether (sulfide) groups is 1. The number of thiophene rings is 1. The second-order valence-electron chi connectivity index (χ2n) is 4.36. The van der Waals surface area contributed by atoms with Crippen LogP contribution in [0.5, 0.6) is 0 Å². The number of aliphatic carboxylic acids is 1. The number of carbonyl (C=O) groups is 3. The first kappa shape index (κ1) is 14.9. The predicted molar refractivity (Wildman–Crippen MR) is 76.9 cm³/mol. The van der Waals surface area contributed by atoms with Crippen molar-refractivity contribution in [2.24, 2.45) is 0 Å². The van der Waals surface area contributed by atoms with Crippen LogP contribution in [0.25, 0.3) is 0 Å². The van der Waals surface area contributed by atoms with E-state index < -0.39 is 12.0 Å². The molecular formula is C12H14N2O4S2. The molecule has 1 aliphatic rings. The number of likely N-dealkylation sites (N-methyl/N-ethyl adjacent to an activating group) is 1. The van der Waals surface area contributed by atoms with Gasteiger partial charge in [0.2, 0.25) is 5.91 Å². The molecule has 8 heteroatoms. The van der Waals surface area contributed by atoms with E-state index in [0.717, 1.165) is 0 Å². The van der Waals surface area contributed by atoms with Crippen molar-refractivity contribution in [2.45, 2.75) is 6.04 Å². The van der Waals surface area contributed by atoms with Crippen LogP contribution in [-0.4, -0.2) is 64.0 Å². The zero-order valence-corrected chi connectivity index (χ0v) is 12.4. The van der Waals surface area contributed by atoms with Gasteiger partial charge in [0.05, 0.1) is 17.3 Å². The number of carbonyl (C=O) groups excluding carboxylic acids is 2. The van der Waals surface area contributed by atoms with E-state index in [1.807, 2.05) is 0 Å². The maximum atomic E-state index is 12.1. The van der Waals surface area contributed by atoms with Gasteiger partial charge in [0, 0.05) is 12.8 Å². The summed E-state index contributed by atoms with van der Waals surface area (Å²) in [5.74, 6) is -0.821. The molecular weight excluding hydrogens is 300 g/mol. The van der Waals surface area contributed by atoms with Crippen molar-refractivity contribution in [3.05, 3.63) is 22.4 Å². The van der Waals surface area contributed by atoms with Gasteiger partial charge in [0.25, 0.3) is 5.91 Å². The van der Waals surface area contributed by atoms with Gasteiger partial charge in [-0.25, -0.2) is 4.79 Å². The van der Waals surface area contributed by atoms with E-state index in [1.165, 1.54) is 32.9 Å². The summed E-state index contributed by atoms with van der Waals surface area (Å²) in [6.07, 6.45) is 0. The van der Waals surface area contributed by atoms with Crippen LogP contribution in [0.1, 0.15) is 9.67 Å². The average Bonchev–Trinajstić information content (AvgIpc) is 3.08. The third kappa shape index (κ3) is 3.13. The molecule has 1 saturated heterocycles. The largest absolute Gasteiger partial charge is 0.480 e. The summed E-state index contributed by atoms with van der Waals surface area (Å²) in [7, 11) is 1.54. The van der Waals surface area contributed by atoms with Gasteiger partial charge in [0.15, 0.2) is 0 Å². The second-order valence-corrected chi connectivity index (χ2v) is 6.30. The van der Waals surface area contributed by atoms with E-state index in [-0.39, 0.29) is 18.4 Å². The summed E-state index contributed by atoms with van der Waals surface area (Å²) in [4.78, 5) is 38.3. The number of hydrogen-bond donors (Lipinski definition) is 1. The van der Waals surface area contributed by atoms with Crippen molar-refractivity contribution in [3.8, 4) is 0 Å². The van der Waals surface area contributed by atoms with Crippen LogP contribution in [0.3, 0.4) is 0 Å². The van der Waals surface area contributed by atoms with Crippen molar-refractivity contribution >= 4 is 40.9 Å². The normalized spacial score (nSPS) is 18.1. The van der Waals surface area contributed by atoms with Crippen LogP contribution in [0.4, 0.5) is 0 Å². The minimum absolute atomic E-state index is 0.110. The standard InChI is InChI=1S/C12H14N2O4S2/c1-13(11(16)9-3-2-4-20-9)5-10(15)14-7-19-6-8(14)12(17)18/h2-4,8H,5-7H2,1H3,(H,17,18). The van der Waals surface area contributed by atoms with Crippen molar-refractivity contribution in [2.75, 3.05) is 25.2 Å². The second kappa shape index (κ2) is 6.27. The smallest absolute Gasteiger partial charge is 0.327 e. The Labute approximate surface area is 124 Å². The van der Waals surface area contributed by atoms with Crippen LogP contribution in [0.15, 0.2) is 17.5 Å². The minimum Gasteiger partial charge on any atom is -0.480 e. The lowest BCUT2D eigenvalue weighted by atomic mass is 10.3. The summed E-state index contributed by atoms with van der Waals surface area (Å²) >= 11 is 2.71. The molecule has 0 spiro atoms. The molecule has 1 aromatic rings. The van der Waals surface area contributed by atoms with Gasteiger partial charge in [-0.15, -0.1) is 23.1 Å². The lowest BCUT2D eigenvalue weighted by Crippen LogP contribution is -2.46. The zero-order chi connectivity index (χ0) is 14.7. The lowest BCUT2D eigenvalue weighted by Gasteiger charge is -2.23. The van der Waals surface area contributed by atoms with E-state index in [2.05, 4.69) is 0 Å². The topological polar surface area (TPSA) is 77.9 Å². The Balaban J connectivity index is 1.97. The van der Waals surface area contributed by atoms with Crippen LogP contribution in [0.2, 0.25) is 0 Å². The molecule has 1 aromatic heterocycles. The highest BCUT2D eigenvalue weighted by atomic mass is 32.2. The molecule has 0 radical (unpaired) electrons. The Morgan fingerprint density at radius 1 is 1.50 bits per heavy atom. The maximum absolute atomic E-state index is 12.1. The average molecular weight is 314 g/mol. The molecule has 2 heterocycles. The summed E-state index contributed by atoms with van der Waals surface area (Å²) in [5.41, 5.74) is 0.